The van der Waals surface area contributed by atoms with E-state index in [0.29, 0.717) is 41.5 Å². The SMILES string of the molecule is Cc1ncsc1-c1ccc([C@H](C)NC(=O)C2C[C@@H](O)CN2C(=O)[C@@H](NC(=O)COCCN2CCN(c3ccc(C(=O)N[C@H]4C[C@@H](Oc5ccc(C#N)c(Cl)c5)C4(C)C)cn3)CC2)C(C)(C)C)cc1. The number of aromatic nitrogens is 2. The number of benzene rings is 2. The highest BCUT2D eigenvalue weighted by Crippen LogP contribution is 2.43. The number of piperazine rings is 1. The number of likely N-dealkylation sites (tertiary alicyclic amines) is 1. The summed E-state index contributed by atoms with van der Waals surface area (Å²) in [6.45, 7) is 17.1. The summed E-state index contributed by atoms with van der Waals surface area (Å²) in [5.74, 6) is -0.0863. The number of anilines is 1. The number of pyridine rings is 1. The largest absolute Gasteiger partial charge is 0.490 e. The Hall–Kier alpha value is -5.64. The number of aliphatic hydroxyl groups excluding tert-OH is 1. The molecule has 4 amide bonds. The first-order chi connectivity index (χ1) is 32.3. The minimum atomic E-state index is -0.963. The number of hydrogen-bond acceptors (Lipinski definition) is 13. The molecule has 0 radical (unpaired) electrons. The molecule has 68 heavy (non-hydrogen) atoms. The Morgan fingerprint density at radius 2 is 1.75 bits per heavy atom. The van der Waals surface area contributed by atoms with Crippen molar-refractivity contribution in [2.45, 2.75) is 97.7 Å². The highest BCUT2D eigenvalue weighted by atomic mass is 35.5. The van der Waals surface area contributed by atoms with E-state index in [1.54, 1.807) is 41.8 Å². The van der Waals surface area contributed by atoms with Gasteiger partial charge >= 0.3 is 0 Å². The number of aryl methyl sites for hydroxylation is 1. The fraction of sp³-hybridized carbons (Fsp3) is 0.500. The van der Waals surface area contributed by atoms with Crippen LogP contribution in [0, 0.1) is 29.1 Å². The summed E-state index contributed by atoms with van der Waals surface area (Å²) in [6, 6.07) is 16.3. The Balaban J connectivity index is 0.817. The Kier molecular flexibility index (Phi) is 15.8. The van der Waals surface area contributed by atoms with Gasteiger partial charge in [0, 0.05) is 75.8 Å². The van der Waals surface area contributed by atoms with Crippen LogP contribution in [0.1, 0.15) is 87.6 Å². The van der Waals surface area contributed by atoms with Crippen LogP contribution in [0.25, 0.3) is 10.4 Å². The number of carbonyl (C=O) groups is 4. The normalized spacial score (nSPS) is 21.2. The molecule has 2 saturated heterocycles. The molecule has 7 rings (SSSR count). The van der Waals surface area contributed by atoms with Gasteiger partial charge in [-0.1, -0.05) is 70.5 Å². The molecule has 6 atom stereocenters. The second-order valence-electron chi connectivity index (χ2n) is 19.6. The van der Waals surface area contributed by atoms with Gasteiger partial charge in [-0.3, -0.25) is 24.1 Å². The molecule has 4 N–H and O–H groups in total. The number of amides is 4. The third kappa shape index (κ3) is 11.8. The van der Waals surface area contributed by atoms with Crippen LogP contribution in [0.15, 0.2) is 66.3 Å². The Morgan fingerprint density at radius 1 is 1.01 bits per heavy atom. The van der Waals surface area contributed by atoms with Crippen LogP contribution in [0.2, 0.25) is 5.02 Å². The maximum Gasteiger partial charge on any atom is 0.253 e. The monoisotopic (exact) mass is 967 g/mol. The van der Waals surface area contributed by atoms with Gasteiger partial charge in [-0.25, -0.2) is 9.97 Å². The fourth-order valence-corrected chi connectivity index (χ4v) is 9.91. The van der Waals surface area contributed by atoms with Crippen LogP contribution in [0.5, 0.6) is 5.75 Å². The summed E-state index contributed by atoms with van der Waals surface area (Å²) >= 11 is 7.76. The molecule has 362 valence electrons. The zero-order chi connectivity index (χ0) is 48.9. The predicted octanol–water partition coefficient (Wildman–Crippen LogP) is 5.52. The van der Waals surface area contributed by atoms with Crippen molar-refractivity contribution in [1.82, 2.24) is 35.7 Å². The second kappa shape index (κ2) is 21.3. The molecule has 2 aromatic heterocycles. The molecule has 0 bridgehead atoms. The van der Waals surface area contributed by atoms with Crippen LogP contribution in [-0.2, 0) is 19.1 Å². The maximum atomic E-state index is 14.1. The van der Waals surface area contributed by atoms with Gasteiger partial charge in [-0.15, -0.1) is 11.3 Å². The topological polar surface area (TPSA) is 202 Å². The van der Waals surface area contributed by atoms with Crippen molar-refractivity contribution < 1.29 is 33.8 Å². The molecule has 2 aliphatic heterocycles. The number of halogens is 1. The summed E-state index contributed by atoms with van der Waals surface area (Å²) < 4.78 is 11.9. The summed E-state index contributed by atoms with van der Waals surface area (Å²) in [5, 5.41) is 29.2. The molecule has 4 heterocycles. The average Bonchev–Trinajstić information content (AvgIpc) is 3.94. The lowest BCUT2D eigenvalue weighted by Gasteiger charge is -2.51. The highest BCUT2D eigenvalue weighted by Gasteiger charge is 2.51. The molecule has 3 aliphatic rings. The molecular formula is C50H62ClN9O7S. The van der Waals surface area contributed by atoms with Crippen LogP contribution in [0.4, 0.5) is 5.82 Å². The average molecular weight is 969 g/mol. The van der Waals surface area contributed by atoms with Crippen molar-refractivity contribution >= 4 is 52.4 Å². The van der Waals surface area contributed by atoms with E-state index < -0.39 is 35.4 Å². The van der Waals surface area contributed by atoms with Crippen molar-refractivity contribution in [3.8, 4) is 22.3 Å². The molecule has 1 saturated carbocycles. The lowest BCUT2D eigenvalue weighted by Crippen LogP contribution is -2.63. The summed E-state index contributed by atoms with van der Waals surface area (Å²) in [7, 11) is 0. The molecule has 16 nitrogen and oxygen atoms in total. The number of β-amino-alcohol motifs (C(OH)–C–C–N with tert-alkyl or cyclic N) is 1. The molecule has 18 heteroatoms. The van der Waals surface area contributed by atoms with E-state index in [1.807, 2.05) is 90.4 Å². The molecule has 4 aromatic rings. The van der Waals surface area contributed by atoms with E-state index in [-0.39, 0.29) is 55.0 Å². The van der Waals surface area contributed by atoms with E-state index in [9.17, 15) is 24.3 Å². The van der Waals surface area contributed by atoms with Gasteiger partial charge in [0.05, 0.1) is 51.0 Å². The number of nitrogens with one attached hydrogen (secondary N) is 3. The molecule has 0 spiro atoms. The molecule has 1 unspecified atom stereocenters. The smallest absolute Gasteiger partial charge is 0.253 e. The molecule has 2 aromatic carbocycles. The van der Waals surface area contributed by atoms with Crippen molar-refractivity contribution in [3.63, 3.8) is 0 Å². The van der Waals surface area contributed by atoms with Gasteiger partial charge in [0.25, 0.3) is 5.91 Å². The Morgan fingerprint density at radius 3 is 2.37 bits per heavy atom. The number of aliphatic hydroxyl groups is 1. The minimum Gasteiger partial charge on any atom is -0.490 e. The van der Waals surface area contributed by atoms with Gasteiger partial charge in [-0.05, 0) is 54.7 Å². The van der Waals surface area contributed by atoms with Crippen molar-refractivity contribution in [2.75, 3.05) is 57.4 Å². The lowest BCUT2D eigenvalue weighted by atomic mass is 9.64. The molecular weight excluding hydrogens is 906 g/mol. The van der Waals surface area contributed by atoms with Crippen molar-refractivity contribution in [3.05, 3.63) is 93.7 Å². The van der Waals surface area contributed by atoms with Gasteiger partial charge in [0.15, 0.2) is 0 Å². The number of thiazole rings is 1. The van der Waals surface area contributed by atoms with E-state index in [0.717, 1.165) is 53.7 Å². The van der Waals surface area contributed by atoms with Crippen LogP contribution < -0.4 is 25.6 Å². The zero-order valence-electron chi connectivity index (χ0n) is 39.8. The summed E-state index contributed by atoms with van der Waals surface area (Å²) in [6.07, 6.45) is 1.31. The Labute approximate surface area is 407 Å². The second-order valence-corrected chi connectivity index (χ2v) is 20.9. The van der Waals surface area contributed by atoms with E-state index >= 15 is 0 Å². The van der Waals surface area contributed by atoms with Gasteiger partial charge in [0.2, 0.25) is 17.7 Å². The van der Waals surface area contributed by atoms with Gasteiger partial charge < -0.3 is 40.3 Å². The summed E-state index contributed by atoms with van der Waals surface area (Å²) in [5.41, 5.74) is 4.55. The maximum absolute atomic E-state index is 14.1. The van der Waals surface area contributed by atoms with Crippen LogP contribution in [0.3, 0.4) is 0 Å². The first-order valence-electron chi connectivity index (χ1n) is 23.1. The first-order valence-corrected chi connectivity index (χ1v) is 24.3. The van der Waals surface area contributed by atoms with E-state index in [2.05, 4.69) is 35.7 Å². The quantitative estimate of drug-likeness (QED) is 0.103. The third-order valence-corrected chi connectivity index (χ3v) is 14.7. The van der Waals surface area contributed by atoms with Gasteiger partial charge in [0.1, 0.15) is 42.4 Å². The van der Waals surface area contributed by atoms with Crippen LogP contribution in [-0.4, -0.2) is 131 Å². The van der Waals surface area contributed by atoms with E-state index in [4.69, 9.17) is 26.3 Å². The zero-order valence-corrected chi connectivity index (χ0v) is 41.3. The fourth-order valence-electron chi connectivity index (χ4n) is 8.88. The van der Waals surface area contributed by atoms with E-state index in [1.165, 1.54) is 4.90 Å². The summed E-state index contributed by atoms with van der Waals surface area (Å²) in [4.78, 5) is 70.1. The lowest BCUT2D eigenvalue weighted by molar-refractivity contribution is -0.144. The van der Waals surface area contributed by atoms with Crippen molar-refractivity contribution in [1.29, 1.82) is 5.26 Å². The predicted molar refractivity (Wildman–Crippen MR) is 260 cm³/mol. The van der Waals surface area contributed by atoms with Gasteiger partial charge in [-0.2, -0.15) is 5.26 Å². The Bertz CT molecular complexity index is 2480. The highest BCUT2D eigenvalue weighted by molar-refractivity contribution is 7.13. The third-order valence-electron chi connectivity index (χ3n) is 13.4. The standard InChI is InChI=1S/C50H62ClN9O7S/c1-30(32-8-10-33(11-9-32)44-31(2)54-29-68-44)55-47(64)39-22-36(61)27-60(39)48(65)45(49(3,4)5)57-43(62)28-66-21-20-58-16-18-59(19-17-58)42-15-13-35(26-53-42)46(63)56-40-24-41(50(40,6)7)67-37-14-12-34(25-52)38(51)23-37/h8-15,23,26,29-30,36,39-41,45,61H,16-22,24,27-28H2,1-7H3,(H,55,64)(H,56,63)(H,57,62)/t30-,36+,39?,40-,41+,45+/m0/s1. The minimum absolute atomic E-state index is 0.0176. The number of nitriles is 1. The molecule has 3 fully saturated rings. The number of rotatable bonds is 16. The molecule has 1 aliphatic carbocycles. The number of ether oxygens (including phenoxy) is 2. The van der Waals surface area contributed by atoms with Crippen molar-refractivity contribution in [2.24, 2.45) is 10.8 Å². The number of nitrogens with zero attached hydrogens (tertiary/aromatic N) is 6. The van der Waals surface area contributed by atoms with Crippen LogP contribution >= 0.6 is 22.9 Å². The number of carbonyl (C=O) groups excluding carboxylic acids is 4. The number of hydrogen-bond donors (Lipinski definition) is 4. The first kappa shape index (κ1) is 50.2.